The summed E-state index contributed by atoms with van der Waals surface area (Å²) in [5, 5.41) is 3.82. The standard InChI is InChI=1S/C18H12Cl3OP/c19-13-4-8-16(9-5-13)23(22,17-10-6-14(20)7-11-17)18-3-1-2-15(21)12-18/h1-12H. The molecule has 0 spiro atoms. The maximum atomic E-state index is 14.0. The van der Waals surface area contributed by atoms with E-state index in [1.54, 1.807) is 66.7 Å². The average Bonchev–Trinajstić information content (AvgIpc) is 2.55. The second kappa shape index (κ2) is 6.71. The van der Waals surface area contributed by atoms with Crippen molar-refractivity contribution >= 4 is 57.9 Å². The van der Waals surface area contributed by atoms with Crippen molar-refractivity contribution in [2.45, 2.75) is 0 Å². The third-order valence-electron chi connectivity index (χ3n) is 3.55. The van der Waals surface area contributed by atoms with E-state index in [4.69, 9.17) is 34.8 Å². The Hall–Kier alpha value is -1.24. The molecule has 3 rings (SSSR count). The molecule has 0 saturated heterocycles. The molecule has 0 aliphatic rings. The SMILES string of the molecule is O=P(c1ccc(Cl)cc1)(c1ccc(Cl)cc1)c1cccc(Cl)c1. The molecule has 0 aromatic heterocycles. The Kier molecular flexibility index (Phi) is 4.85. The van der Waals surface area contributed by atoms with Crippen LogP contribution in [0.1, 0.15) is 0 Å². The van der Waals surface area contributed by atoms with Crippen molar-refractivity contribution < 1.29 is 4.57 Å². The van der Waals surface area contributed by atoms with Gasteiger partial charge in [0.05, 0.1) is 0 Å². The van der Waals surface area contributed by atoms with Crippen molar-refractivity contribution in [2.75, 3.05) is 0 Å². The molecule has 0 N–H and O–H groups in total. The molecule has 0 fully saturated rings. The molecule has 116 valence electrons. The molecule has 0 saturated carbocycles. The third-order valence-corrected chi connectivity index (χ3v) is 7.35. The van der Waals surface area contributed by atoms with Crippen molar-refractivity contribution in [1.29, 1.82) is 0 Å². The molecular formula is C18H12Cl3OP. The van der Waals surface area contributed by atoms with Gasteiger partial charge < -0.3 is 4.57 Å². The number of hydrogen-bond acceptors (Lipinski definition) is 1. The number of halogens is 3. The Balaban J connectivity index is 2.27. The van der Waals surface area contributed by atoms with E-state index in [0.29, 0.717) is 31.0 Å². The van der Waals surface area contributed by atoms with E-state index in [2.05, 4.69) is 0 Å². The van der Waals surface area contributed by atoms with Gasteiger partial charge in [0.15, 0.2) is 7.14 Å². The molecule has 1 nitrogen and oxygen atoms in total. The highest BCUT2D eigenvalue weighted by molar-refractivity contribution is 7.85. The minimum atomic E-state index is -3.04. The fraction of sp³-hybridized carbons (Fsp3) is 0. The van der Waals surface area contributed by atoms with Gasteiger partial charge in [0, 0.05) is 31.0 Å². The van der Waals surface area contributed by atoms with Crippen LogP contribution in [0.4, 0.5) is 0 Å². The lowest BCUT2D eigenvalue weighted by atomic mass is 10.3. The quantitative estimate of drug-likeness (QED) is 0.564. The zero-order valence-electron chi connectivity index (χ0n) is 11.9. The summed E-state index contributed by atoms with van der Waals surface area (Å²) in [5.74, 6) is 0. The van der Waals surface area contributed by atoms with E-state index >= 15 is 0 Å². The molecule has 5 heteroatoms. The van der Waals surface area contributed by atoms with Gasteiger partial charge in [-0.2, -0.15) is 0 Å². The minimum absolute atomic E-state index is 0.547. The third kappa shape index (κ3) is 3.34. The lowest BCUT2D eigenvalue weighted by molar-refractivity contribution is 0.592. The van der Waals surface area contributed by atoms with Crippen LogP contribution >= 0.6 is 41.9 Å². The first kappa shape index (κ1) is 16.6. The first-order chi connectivity index (χ1) is 11.0. The van der Waals surface area contributed by atoms with E-state index in [1.165, 1.54) is 0 Å². The largest absolute Gasteiger partial charge is 0.309 e. The zero-order chi connectivity index (χ0) is 16.4. The monoisotopic (exact) mass is 380 g/mol. The van der Waals surface area contributed by atoms with E-state index < -0.39 is 7.14 Å². The van der Waals surface area contributed by atoms with Crippen LogP contribution in [0.25, 0.3) is 0 Å². The van der Waals surface area contributed by atoms with Gasteiger partial charge >= 0.3 is 0 Å². The Morgan fingerprint density at radius 1 is 0.565 bits per heavy atom. The molecule has 0 atom stereocenters. The first-order valence-electron chi connectivity index (χ1n) is 6.88. The lowest BCUT2D eigenvalue weighted by Crippen LogP contribution is -2.25. The molecular weight excluding hydrogens is 370 g/mol. The van der Waals surface area contributed by atoms with Crippen molar-refractivity contribution in [3.05, 3.63) is 87.9 Å². The van der Waals surface area contributed by atoms with Crippen LogP contribution in [0, 0.1) is 0 Å². The van der Waals surface area contributed by atoms with E-state index in [0.717, 1.165) is 0 Å². The van der Waals surface area contributed by atoms with E-state index in [-0.39, 0.29) is 0 Å². The maximum Gasteiger partial charge on any atom is 0.171 e. The summed E-state index contributed by atoms with van der Waals surface area (Å²) >= 11 is 18.1. The summed E-state index contributed by atoms with van der Waals surface area (Å²) in [4.78, 5) is 0. The average molecular weight is 382 g/mol. The lowest BCUT2D eigenvalue weighted by Gasteiger charge is -2.20. The normalized spacial score (nSPS) is 11.4. The van der Waals surface area contributed by atoms with Gasteiger partial charge in [-0.1, -0.05) is 46.9 Å². The molecule has 0 heterocycles. The topological polar surface area (TPSA) is 17.1 Å². The number of rotatable bonds is 3. The first-order valence-corrected chi connectivity index (χ1v) is 9.73. The summed E-state index contributed by atoms with van der Waals surface area (Å²) in [6, 6.07) is 21.3. The Morgan fingerprint density at radius 3 is 1.48 bits per heavy atom. The Labute approximate surface area is 150 Å². The smallest absolute Gasteiger partial charge is 0.171 e. The summed E-state index contributed by atoms with van der Waals surface area (Å²) in [6.45, 7) is 0. The highest BCUT2D eigenvalue weighted by Gasteiger charge is 2.29. The number of benzene rings is 3. The molecule has 0 aliphatic heterocycles. The summed E-state index contributed by atoms with van der Waals surface area (Å²) < 4.78 is 14.0. The Morgan fingerprint density at radius 2 is 1.04 bits per heavy atom. The van der Waals surface area contributed by atoms with Crippen molar-refractivity contribution in [1.82, 2.24) is 0 Å². The van der Waals surface area contributed by atoms with Crippen LogP contribution in [0.15, 0.2) is 72.8 Å². The minimum Gasteiger partial charge on any atom is -0.309 e. The molecule has 3 aromatic rings. The summed E-state index contributed by atoms with van der Waals surface area (Å²) in [7, 11) is -3.04. The molecule has 0 aliphatic carbocycles. The zero-order valence-corrected chi connectivity index (χ0v) is 15.1. The van der Waals surface area contributed by atoms with Gasteiger partial charge in [-0.25, -0.2) is 0 Å². The van der Waals surface area contributed by atoms with E-state index in [9.17, 15) is 4.57 Å². The molecule has 0 amide bonds. The predicted octanol–water partition coefficient (Wildman–Crippen LogP) is 5.29. The van der Waals surface area contributed by atoms with Crippen molar-refractivity contribution in [2.24, 2.45) is 0 Å². The molecule has 0 radical (unpaired) electrons. The molecule has 23 heavy (non-hydrogen) atoms. The van der Waals surface area contributed by atoms with Crippen molar-refractivity contribution in [3.63, 3.8) is 0 Å². The number of hydrogen-bond donors (Lipinski definition) is 0. The fourth-order valence-corrected chi connectivity index (χ4v) is 5.59. The van der Waals surface area contributed by atoms with Crippen LogP contribution in [0.5, 0.6) is 0 Å². The highest BCUT2D eigenvalue weighted by atomic mass is 35.5. The molecule has 0 bridgehead atoms. The summed E-state index contributed by atoms with van der Waals surface area (Å²) in [5.41, 5.74) is 0. The second-order valence-electron chi connectivity index (χ2n) is 5.04. The second-order valence-corrected chi connectivity index (χ2v) is 9.12. The highest BCUT2D eigenvalue weighted by Crippen LogP contribution is 2.43. The summed E-state index contributed by atoms with van der Waals surface area (Å²) in [6.07, 6.45) is 0. The Bertz CT molecular complexity index is 824. The van der Waals surface area contributed by atoms with Crippen LogP contribution in [-0.4, -0.2) is 0 Å². The maximum absolute atomic E-state index is 14.0. The molecule has 3 aromatic carbocycles. The van der Waals surface area contributed by atoms with Gasteiger partial charge in [0.25, 0.3) is 0 Å². The van der Waals surface area contributed by atoms with Gasteiger partial charge in [0.2, 0.25) is 0 Å². The van der Waals surface area contributed by atoms with Gasteiger partial charge in [-0.05, 0) is 60.7 Å². The van der Waals surface area contributed by atoms with Gasteiger partial charge in [-0.3, -0.25) is 0 Å². The van der Waals surface area contributed by atoms with Crippen molar-refractivity contribution in [3.8, 4) is 0 Å². The van der Waals surface area contributed by atoms with Crippen LogP contribution in [0.3, 0.4) is 0 Å². The predicted molar refractivity (Wildman–Crippen MR) is 101 cm³/mol. The van der Waals surface area contributed by atoms with Gasteiger partial charge in [0.1, 0.15) is 0 Å². The van der Waals surface area contributed by atoms with Gasteiger partial charge in [-0.15, -0.1) is 0 Å². The fourth-order valence-electron chi connectivity index (χ4n) is 2.42. The molecule has 0 unspecified atom stereocenters. The van der Waals surface area contributed by atoms with E-state index in [1.807, 2.05) is 6.07 Å². The van der Waals surface area contributed by atoms with Crippen LogP contribution in [-0.2, 0) is 4.57 Å². The van der Waals surface area contributed by atoms with Crippen LogP contribution < -0.4 is 15.9 Å². The van der Waals surface area contributed by atoms with Crippen LogP contribution in [0.2, 0.25) is 15.1 Å².